The molecular formula is C14H15BrN2O2S. The third-order valence-electron chi connectivity index (χ3n) is 3.64. The zero-order valence-corrected chi connectivity index (χ0v) is 13.3. The van der Waals surface area contributed by atoms with E-state index in [2.05, 4.69) is 20.9 Å². The highest BCUT2D eigenvalue weighted by Crippen LogP contribution is 2.28. The molecule has 1 aromatic carbocycles. The molecule has 0 unspecified atom stereocenters. The molecule has 1 saturated heterocycles. The molecule has 3 rings (SSSR count). The topological polar surface area (TPSA) is 50.3 Å². The molecule has 2 aromatic rings. The van der Waals surface area contributed by atoms with Gasteiger partial charge in [-0.25, -0.2) is 8.42 Å². The van der Waals surface area contributed by atoms with Gasteiger partial charge in [0.1, 0.15) is 0 Å². The van der Waals surface area contributed by atoms with E-state index >= 15 is 0 Å². The molecule has 0 aliphatic carbocycles. The van der Waals surface area contributed by atoms with Gasteiger partial charge in [0, 0.05) is 41.1 Å². The number of piperidine rings is 1. The van der Waals surface area contributed by atoms with E-state index in [9.17, 15) is 8.42 Å². The van der Waals surface area contributed by atoms with Gasteiger partial charge >= 0.3 is 0 Å². The molecule has 4 nitrogen and oxygen atoms in total. The van der Waals surface area contributed by atoms with Crippen molar-refractivity contribution in [2.75, 3.05) is 13.1 Å². The summed E-state index contributed by atoms with van der Waals surface area (Å²) >= 11 is 3.55. The fourth-order valence-electron chi connectivity index (χ4n) is 2.52. The molecule has 1 aliphatic rings. The van der Waals surface area contributed by atoms with Gasteiger partial charge in [-0.1, -0.05) is 28.1 Å². The molecule has 1 fully saturated rings. The quantitative estimate of drug-likeness (QED) is 0.779. The van der Waals surface area contributed by atoms with Crippen molar-refractivity contribution in [3.63, 3.8) is 0 Å². The van der Waals surface area contributed by atoms with Gasteiger partial charge in [-0.2, -0.15) is 4.31 Å². The minimum Gasteiger partial charge on any atom is -0.264 e. The Morgan fingerprint density at radius 3 is 2.70 bits per heavy atom. The number of nitrogens with zero attached hydrogens (tertiary/aromatic N) is 2. The summed E-state index contributed by atoms with van der Waals surface area (Å²) in [5, 5.41) is 1.59. The number of rotatable bonds is 2. The molecule has 0 N–H and O–H groups in total. The third-order valence-corrected chi connectivity index (χ3v) is 6.51. The second kappa shape index (κ2) is 5.42. The molecule has 20 heavy (non-hydrogen) atoms. The van der Waals surface area contributed by atoms with Crippen molar-refractivity contribution in [2.24, 2.45) is 0 Å². The van der Waals surface area contributed by atoms with E-state index in [1.807, 2.05) is 6.07 Å². The summed E-state index contributed by atoms with van der Waals surface area (Å²) in [4.78, 5) is 4.85. The Kier molecular flexibility index (Phi) is 3.79. The number of hydrogen-bond acceptors (Lipinski definition) is 3. The Balaban J connectivity index is 2.05. The number of aromatic nitrogens is 1. The van der Waals surface area contributed by atoms with Crippen LogP contribution in [-0.4, -0.2) is 35.6 Å². The van der Waals surface area contributed by atoms with Crippen LogP contribution in [0, 0.1) is 0 Å². The summed E-state index contributed by atoms with van der Waals surface area (Å²) < 4.78 is 27.2. The number of alkyl halides is 1. The Labute approximate surface area is 127 Å². The largest absolute Gasteiger partial charge is 0.264 e. The fourth-order valence-corrected chi connectivity index (χ4v) is 4.62. The van der Waals surface area contributed by atoms with Gasteiger partial charge in [0.25, 0.3) is 0 Å². The molecule has 106 valence electrons. The molecule has 0 bridgehead atoms. The summed E-state index contributed by atoms with van der Waals surface area (Å²) in [5.74, 6) is 0. The molecule has 1 aromatic heterocycles. The maximum atomic E-state index is 12.8. The molecular weight excluding hydrogens is 340 g/mol. The van der Waals surface area contributed by atoms with Gasteiger partial charge in [-0.3, -0.25) is 4.98 Å². The molecule has 6 heteroatoms. The summed E-state index contributed by atoms with van der Waals surface area (Å²) in [6, 6.07) is 7.09. The Morgan fingerprint density at radius 1 is 1.20 bits per heavy atom. The average Bonchev–Trinajstić information content (AvgIpc) is 2.47. The van der Waals surface area contributed by atoms with Crippen molar-refractivity contribution in [3.8, 4) is 0 Å². The van der Waals surface area contributed by atoms with Gasteiger partial charge in [-0.15, -0.1) is 0 Å². The van der Waals surface area contributed by atoms with Crippen LogP contribution >= 0.6 is 15.9 Å². The molecule has 0 amide bonds. The fraction of sp³-hybridized carbons (Fsp3) is 0.357. The molecule has 0 saturated carbocycles. The summed E-state index contributed by atoms with van der Waals surface area (Å²) in [7, 11) is -3.43. The predicted molar refractivity (Wildman–Crippen MR) is 82.5 cm³/mol. The van der Waals surface area contributed by atoms with E-state index in [1.54, 1.807) is 34.9 Å². The predicted octanol–water partition coefficient (Wildman–Crippen LogP) is 2.78. The van der Waals surface area contributed by atoms with Crippen molar-refractivity contribution in [1.29, 1.82) is 0 Å². The van der Waals surface area contributed by atoms with Crippen LogP contribution in [0.4, 0.5) is 0 Å². The third kappa shape index (κ3) is 2.47. The van der Waals surface area contributed by atoms with Crippen LogP contribution in [0.3, 0.4) is 0 Å². The van der Waals surface area contributed by atoms with E-state index in [0.717, 1.165) is 23.6 Å². The van der Waals surface area contributed by atoms with Crippen molar-refractivity contribution in [1.82, 2.24) is 9.29 Å². The summed E-state index contributed by atoms with van der Waals surface area (Å²) in [5.41, 5.74) is 0. The standard InChI is InChI=1S/C14H15BrN2O2S/c15-12-5-8-17(9-6-12)20(18,19)14-3-1-2-11-10-16-7-4-13(11)14/h1-4,7,10,12H,5-6,8-9H2. The van der Waals surface area contributed by atoms with E-state index < -0.39 is 10.0 Å². The number of pyridine rings is 1. The SMILES string of the molecule is O=S(=O)(c1cccc2cnccc12)N1CCC(Br)CC1. The molecule has 1 aliphatic heterocycles. The van der Waals surface area contributed by atoms with E-state index in [-0.39, 0.29) is 0 Å². The van der Waals surface area contributed by atoms with Crippen LogP contribution in [0.1, 0.15) is 12.8 Å². The number of fused-ring (bicyclic) bond motifs is 1. The second-order valence-electron chi connectivity index (χ2n) is 4.93. The lowest BCUT2D eigenvalue weighted by molar-refractivity contribution is 0.355. The first-order valence-corrected chi connectivity index (χ1v) is 8.91. The number of benzene rings is 1. The molecule has 0 atom stereocenters. The first-order chi connectivity index (χ1) is 9.59. The zero-order chi connectivity index (χ0) is 14.2. The van der Waals surface area contributed by atoms with Gasteiger partial charge in [0.2, 0.25) is 10.0 Å². The van der Waals surface area contributed by atoms with Crippen LogP contribution in [0.25, 0.3) is 10.8 Å². The molecule has 2 heterocycles. The lowest BCUT2D eigenvalue weighted by Gasteiger charge is -2.29. The van der Waals surface area contributed by atoms with Crippen LogP contribution in [-0.2, 0) is 10.0 Å². The highest BCUT2D eigenvalue weighted by atomic mass is 79.9. The van der Waals surface area contributed by atoms with E-state index in [0.29, 0.717) is 22.8 Å². The minimum atomic E-state index is -3.43. The smallest absolute Gasteiger partial charge is 0.243 e. The Hall–Kier alpha value is -0.980. The number of sulfonamides is 1. The van der Waals surface area contributed by atoms with Crippen molar-refractivity contribution in [2.45, 2.75) is 22.6 Å². The first kappa shape index (κ1) is 14.0. The van der Waals surface area contributed by atoms with Crippen molar-refractivity contribution in [3.05, 3.63) is 36.7 Å². The maximum Gasteiger partial charge on any atom is 0.243 e. The Bertz CT molecular complexity index is 720. The number of hydrogen-bond donors (Lipinski definition) is 0. The van der Waals surface area contributed by atoms with E-state index in [1.165, 1.54) is 0 Å². The normalized spacial score (nSPS) is 18.4. The number of halogens is 1. The highest BCUT2D eigenvalue weighted by molar-refractivity contribution is 9.09. The van der Waals surface area contributed by atoms with Crippen LogP contribution in [0.15, 0.2) is 41.6 Å². The monoisotopic (exact) mass is 354 g/mol. The average molecular weight is 355 g/mol. The van der Waals surface area contributed by atoms with Gasteiger partial charge in [0.15, 0.2) is 0 Å². The van der Waals surface area contributed by atoms with Crippen LogP contribution in [0.5, 0.6) is 0 Å². The summed E-state index contributed by atoms with van der Waals surface area (Å²) in [6.45, 7) is 1.14. The van der Waals surface area contributed by atoms with Crippen molar-refractivity contribution >= 4 is 36.7 Å². The second-order valence-corrected chi connectivity index (χ2v) is 8.13. The summed E-state index contributed by atoms with van der Waals surface area (Å²) in [6.07, 6.45) is 5.03. The van der Waals surface area contributed by atoms with Crippen LogP contribution < -0.4 is 0 Å². The lowest BCUT2D eigenvalue weighted by Crippen LogP contribution is -2.38. The lowest BCUT2D eigenvalue weighted by atomic mass is 10.2. The molecule has 0 spiro atoms. The minimum absolute atomic E-state index is 0.380. The van der Waals surface area contributed by atoms with Gasteiger partial charge in [-0.05, 0) is 25.0 Å². The molecule has 0 radical (unpaired) electrons. The highest BCUT2D eigenvalue weighted by Gasteiger charge is 2.29. The van der Waals surface area contributed by atoms with Gasteiger partial charge < -0.3 is 0 Å². The Morgan fingerprint density at radius 2 is 1.95 bits per heavy atom. The van der Waals surface area contributed by atoms with Crippen molar-refractivity contribution < 1.29 is 8.42 Å². The zero-order valence-electron chi connectivity index (χ0n) is 10.9. The van der Waals surface area contributed by atoms with Crippen LogP contribution in [0.2, 0.25) is 0 Å². The maximum absolute atomic E-state index is 12.8. The van der Waals surface area contributed by atoms with Gasteiger partial charge in [0.05, 0.1) is 4.90 Å². The van der Waals surface area contributed by atoms with E-state index in [4.69, 9.17) is 0 Å². The first-order valence-electron chi connectivity index (χ1n) is 6.56.